The highest BCUT2D eigenvalue weighted by Crippen LogP contribution is 2.18. The summed E-state index contributed by atoms with van der Waals surface area (Å²) in [5.74, 6) is -1.36. The van der Waals surface area contributed by atoms with Gasteiger partial charge in [0.05, 0.1) is 4.75 Å². The topological polar surface area (TPSA) is 101 Å². The van der Waals surface area contributed by atoms with Gasteiger partial charge in [-0.2, -0.15) is 0 Å². The molecule has 1 heterocycles. The second-order valence-corrected chi connectivity index (χ2v) is 7.19. The second-order valence-electron chi connectivity index (χ2n) is 4.54. The lowest BCUT2D eigenvalue weighted by Crippen LogP contribution is -2.57. The van der Waals surface area contributed by atoms with E-state index in [9.17, 15) is 22.8 Å². The Morgan fingerprint density at radius 3 is 2.24 bits per heavy atom. The first kappa shape index (κ1) is 13.6. The van der Waals surface area contributed by atoms with Crippen LogP contribution in [-0.4, -0.2) is 48.7 Å². The molecule has 1 N–H and O–H groups in total. The Kier molecular flexibility index (Phi) is 3.28. The molecule has 0 aromatic rings. The average Bonchev–Trinajstić information content (AvgIpc) is 2.09. The molecule has 96 valence electrons. The maximum Gasteiger partial charge on any atom is 0.330 e. The lowest BCUT2D eigenvalue weighted by Gasteiger charge is -2.31. The molecule has 7 nitrogen and oxygen atoms in total. The molecule has 0 unspecified atom stereocenters. The van der Waals surface area contributed by atoms with E-state index in [1.165, 1.54) is 13.8 Å². The van der Waals surface area contributed by atoms with Crippen LogP contribution in [0, 0.1) is 0 Å². The molecule has 4 amide bonds. The molecule has 0 bridgehead atoms. The predicted molar refractivity (Wildman–Crippen MR) is 58.8 cm³/mol. The SMILES string of the molecule is CC(C)(CN1C(=O)CC(=O)NC1=O)S(C)(=O)=O. The predicted octanol–water partition coefficient (Wildman–Crippen LogP) is -0.722. The zero-order chi connectivity index (χ0) is 13.4. The maximum absolute atomic E-state index is 11.5. The van der Waals surface area contributed by atoms with Crippen molar-refractivity contribution in [2.45, 2.75) is 25.0 Å². The summed E-state index contributed by atoms with van der Waals surface area (Å²) in [6.45, 7) is 2.56. The van der Waals surface area contributed by atoms with Crippen molar-refractivity contribution >= 4 is 27.7 Å². The van der Waals surface area contributed by atoms with Gasteiger partial charge in [-0.25, -0.2) is 13.2 Å². The van der Waals surface area contributed by atoms with Crippen LogP contribution in [0.2, 0.25) is 0 Å². The van der Waals surface area contributed by atoms with Gasteiger partial charge in [-0.05, 0) is 13.8 Å². The summed E-state index contributed by atoms with van der Waals surface area (Å²) in [6.07, 6.45) is 0.593. The highest BCUT2D eigenvalue weighted by atomic mass is 32.2. The van der Waals surface area contributed by atoms with Crippen LogP contribution in [0.3, 0.4) is 0 Å². The van der Waals surface area contributed by atoms with Gasteiger partial charge in [0.1, 0.15) is 6.42 Å². The maximum atomic E-state index is 11.5. The van der Waals surface area contributed by atoms with Crippen LogP contribution in [0.25, 0.3) is 0 Å². The van der Waals surface area contributed by atoms with E-state index in [-0.39, 0.29) is 6.54 Å². The summed E-state index contributed by atoms with van der Waals surface area (Å²) in [6, 6.07) is -0.872. The third kappa shape index (κ3) is 2.82. The van der Waals surface area contributed by atoms with E-state index in [4.69, 9.17) is 0 Å². The fourth-order valence-corrected chi connectivity index (χ4v) is 1.60. The molecule has 0 spiro atoms. The highest BCUT2D eigenvalue weighted by molar-refractivity contribution is 7.92. The minimum absolute atomic E-state index is 0.274. The molecule has 1 saturated heterocycles. The lowest BCUT2D eigenvalue weighted by molar-refractivity contribution is -0.136. The normalized spacial score (nSPS) is 18.3. The Morgan fingerprint density at radius 1 is 1.29 bits per heavy atom. The quantitative estimate of drug-likeness (QED) is 0.676. The Bertz CT molecular complexity index is 460. The van der Waals surface area contributed by atoms with Crippen LogP contribution in [0.15, 0.2) is 0 Å². The molecule has 0 aromatic carbocycles. The van der Waals surface area contributed by atoms with E-state index in [1.807, 2.05) is 5.32 Å². The van der Waals surface area contributed by atoms with E-state index in [0.717, 1.165) is 11.2 Å². The van der Waals surface area contributed by atoms with Crippen LogP contribution in [0.4, 0.5) is 4.79 Å². The van der Waals surface area contributed by atoms with Crippen LogP contribution in [0.1, 0.15) is 20.3 Å². The Morgan fingerprint density at radius 2 is 1.82 bits per heavy atom. The number of hydrogen-bond donors (Lipinski definition) is 1. The van der Waals surface area contributed by atoms with Crippen molar-refractivity contribution in [3.05, 3.63) is 0 Å². The third-order valence-corrected chi connectivity index (χ3v) is 4.78. The molecule has 0 saturated carbocycles. The summed E-state index contributed by atoms with van der Waals surface area (Å²) in [4.78, 5) is 34.5. The van der Waals surface area contributed by atoms with Crippen molar-refractivity contribution in [3.8, 4) is 0 Å². The zero-order valence-electron chi connectivity index (χ0n) is 9.81. The van der Waals surface area contributed by atoms with Crippen LogP contribution >= 0.6 is 0 Å². The fraction of sp³-hybridized carbons (Fsp3) is 0.667. The number of barbiturate groups is 1. The number of carbonyl (C=O) groups is 3. The van der Waals surface area contributed by atoms with E-state index < -0.39 is 38.9 Å². The van der Waals surface area contributed by atoms with Crippen molar-refractivity contribution < 1.29 is 22.8 Å². The van der Waals surface area contributed by atoms with Gasteiger partial charge in [-0.1, -0.05) is 0 Å². The number of hydrogen-bond acceptors (Lipinski definition) is 5. The third-order valence-electron chi connectivity index (χ3n) is 2.65. The average molecular weight is 262 g/mol. The summed E-state index contributed by atoms with van der Waals surface area (Å²) in [5.41, 5.74) is 0. The van der Waals surface area contributed by atoms with E-state index >= 15 is 0 Å². The number of amides is 4. The van der Waals surface area contributed by atoms with Gasteiger partial charge in [-0.3, -0.25) is 19.8 Å². The number of sulfone groups is 1. The molecule has 0 aromatic heterocycles. The molecule has 17 heavy (non-hydrogen) atoms. The molecule has 1 fully saturated rings. The monoisotopic (exact) mass is 262 g/mol. The van der Waals surface area contributed by atoms with E-state index in [0.29, 0.717) is 0 Å². The van der Waals surface area contributed by atoms with Crippen molar-refractivity contribution in [2.75, 3.05) is 12.8 Å². The van der Waals surface area contributed by atoms with Gasteiger partial charge in [0.25, 0.3) is 0 Å². The second kappa shape index (κ2) is 4.10. The smallest absolute Gasteiger partial charge is 0.277 e. The molecular formula is C9H14N2O5S. The first-order chi connectivity index (χ1) is 7.54. The van der Waals surface area contributed by atoms with Gasteiger partial charge in [-0.15, -0.1) is 0 Å². The summed E-state index contributed by atoms with van der Waals surface area (Å²) < 4.78 is 21.7. The van der Waals surface area contributed by atoms with Crippen molar-refractivity contribution in [2.24, 2.45) is 0 Å². The molecular weight excluding hydrogens is 248 g/mol. The van der Waals surface area contributed by atoms with Gasteiger partial charge in [0.2, 0.25) is 11.8 Å². The Balaban J connectivity index is 2.92. The summed E-state index contributed by atoms with van der Waals surface area (Å²) >= 11 is 0. The first-order valence-electron chi connectivity index (χ1n) is 4.88. The number of imide groups is 2. The molecule has 0 aliphatic carbocycles. The standard InChI is InChI=1S/C9H14N2O5S/c1-9(2,17(3,15)16)5-11-7(13)4-6(12)10-8(11)14/h4-5H2,1-3H3,(H,10,12,14). The van der Waals surface area contributed by atoms with Crippen molar-refractivity contribution in [1.29, 1.82) is 0 Å². The van der Waals surface area contributed by atoms with Crippen LogP contribution in [-0.2, 0) is 19.4 Å². The van der Waals surface area contributed by atoms with E-state index in [1.54, 1.807) is 0 Å². The lowest BCUT2D eigenvalue weighted by atomic mass is 10.1. The molecule has 0 radical (unpaired) electrons. The van der Waals surface area contributed by atoms with Gasteiger partial charge in [0.15, 0.2) is 9.84 Å². The zero-order valence-corrected chi connectivity index (χ0v) is 10.6. The van der Waals surface area contributed by atoms with Crippen molar-refractivity contribution in [1.82, 2.24) is 10.2 Å². The van der Waals surface area contributed by atoms with Gasteiger partial charge < -0.3 is 0 Å². The summed E-state index contributed by atoms with van der Waals surface area (Å²) in [5, 5.41) is 1.97. The first-order valence-corrected chi connectivity index (χ1v) is 6.77. The largest absolute Gasteiger partial charge is 0.330 e. The molecule has 0 atom stereocenters. The van der Waals surface area contributed by atoms with Crippen molar-refractivity contribution in [3.63, 3.8) is 0 Å². The van der Waals surface area contributed by atoms with Crippen LogP contribution in [0.5, 0.6) is 0 Å². The number of carbonyl (C=O) groups excluding carboxylic acids is 3. The minimum Gasteiger partial charge on any atom is -0.277 e. The molecule has 1 rings (SSSR count). The number of rotatable bonds is 3. The number of urea groups is 1. The van der Waals surface area contributed by atoms with E-state index in [2.05, 4.69) is 0 Å². The molecule has 8 heteroatoms. The number of nitrogens with zero attached hydrogens (tertiary/aromatic N) is 1. The molecule has 1 aliphatic heterocycles. The number of nitrogens with one attached hydrogen (secondary N) is 1. The fourth-order valence-electron chi connectivity index (χ4n) is 1.23. The Hall–Kier alpha value is -1.44. The highest BCUT2D eigenvalue weighted by Gasteiger charge is 2.39. The van der Waals surface area contributed by atoms with Crippen LogP contribution < -0.4 is 5.32 Å². The minimum atomic E-state index is -3.42. The molecule has 1 aliphatic rings. The Labute approximate surface area is 99.1 Å². The van der Waals surface area contributed by atoms with Gasteiger partial charge >= 0.3 is 6.03 Å². The van der Waals surface area contributed by atoms with Gasteiger partial charge in [0, 0.05) is 12.8 Å². The summed E-state index contributed by atoms with van der Waals surface area (Å²) in [7, 11) is -3.42.